The third-order valence-corrected chi connectivity index (χ3v) is 7.77. The van der Waals surface area contributed by atoms with Gasteiger partial charge < -0.3 is 5.32 Å². The number of sulfonamides is 1. The molecule has 0 aliphatic heterocycles. The number of amides is 1. The molecular weight excluding hydrogens is 434 g/mol. The van der Waals surface area contributed by atoms with Crippen molar-refractivity contribution in [2.75, 3.05) is 10.0 Å². The first-order chi connectivity index (χ1) is 14.8. The van der Waals surface area contributed by atoms with Gasteiger partial charge in [0.2, 0.25) is 5.91 Å². The van der Waals surface area contributed by atoms with E-state index in [4.69, 9.17) is 0 Å². The maximum atomic E-state index is 12.7. The number of Topliss-reactive ketones (excluding diaryl/α,β-unsaturated/α-hetero) is 1. The molecule has 4 rings (SSSR count). The summed E-state index contributed by atoms with van der Waals surface area (Å²) < 4.78 is 28.7. The first-order valence-electron chi connectivity index (χ1n) is 10.2. The number of carbonyl (C=O) groups excluding carboxylic acids is 2. The number of aromatic nitrogens is 1. The number of benzene rings is 2. The van der Waals surface area contributed by atoms with Gasteiger partial charge in [-0.05, 0) is 50.1 Å². The molecule has 0 atom stereocenters. The van der Waals surface area contributed by atoms with E-state index in [1.54, 1.807) is 18.2 Å². The molecule has 0 unspecified atom stereocenters. The highest BCUT2D eigenvalue weighted by Gasteiger charge is 2.22. The zero-order chi connectivity index (χ0) is 22.0. The quantitative estimate of drug-likeness (QED) is 0.516. The van der Waals surface area contributed by atoms with Crippen molar-refractivity contribution in [2.45, 2.75) is 43.9 Å². The third kappa shape index (κ3) is 4.94. The van der Waals surface area contributed by atoms with Crippen molar-refractivity contribution in [3.8, 4) is 0 Å². The second-order valence-corrected chi connectivity index (χ2v) is 10.4. The standard InChI is InChI=1S/C22H23N3O4S2/c1-14(26)15-7-10-18(11-8-15)31(28,29)25-17-9-12-20-19(13-17)23-22(30-20)24-21(27)16-5-3-2-4-6-16/h7-13,16,25H,2-6H2,1H3,(H,23,24,27). The minimum Gasteiger partial charge on any atom is -0.302 e. The molecule has 1 aliphatic rings. The van der Waals surface area contributed by atoms with E-state index in [-0.39, 0.29) is 22.5 Å². The highest BCUT2D eigenvalue weighted by molar-refractivity contribution is 7.92. The van der Waals surface area contributed by atoms with Crippen molar-refractivity contribution in [3.63, 3.8) is 0 Å². The van der Waals surface area contributed by atoms with Crippen LogP contribution in [-0.4, -0.2) is 25.1 Å². The summed E-state index contributed by atoms with van der Waals surface area (Å²) in [6.45, 7) is 1.43. The maximum Gasteiger partial charge on any atom is 0.261 e. The molecule has 2 N–H and O–H groups in total. The second-order valence-electron chi connectivity index (χ2n) is 7.71. The Labute approximate surface area is 184 Å². The van der Waals surface area contributed by atoms with E-state index in [0.717, 1.165) is 30.4 Å². The van der Waals surface area contributed by atoms with Gasteiger partial charge in [-0.2, -0.15) is 0 Å². The molecule has 2 aromatic carbocycles. The molecule has 0 bridgehead atoms. The maximum absolute atomic E-state index is 12.7. The van der Waals surface area contributed by atoms with Crippen LogP contribution in [0.2, 0.25) is 0 Å². The fourth-order valence-corrected chi connectivity index (χ4v) is 5.60. The lowest BCUT2D eigenvalue weighted by molar-refractivity contribution is -0.120. The molecule has 162 valence electrons. The Morgan fingerprint density at radius 1 is 1.03 bits per heavy atom. The lowest BCUT2D eigenvalue weighted by atomic mass is 9.89. The molecule has 1 heterocycles. The topological polar surface area (TPSA) is 105 Å². The smallest absolute Gasteiger partial charge is 0.261 e. The van der Waals surface area contributed by atoms with Crippen molar-refractivity contribution in [3.05, 3.63) is 48.0 Å². The van der Waals surface area contributed by atoms with Gasteiger partial charge >= 0.3 is 0 Å². The fraction of sp³-hybridized carbons (Fsp3) is 0.318. The number of hydrogen-bond donors (Lipinski definition) is 2. The van der Waals surface area contributed by atoms with Gasteiger partial charge in [0.05, 0.1) is 20.8 Å². The summed E-state index contributed by atoms with van der Waals surface area (Å²) in [5, 5.41) is 3.43. The van der Waals surface area contributed by atoms with Crippen molar-refractivity contribution in [2.24, 2.45) is 5.92 Å². The summed E-state index contributed by atoms with van der Waals surface area (Å²) in [5.41, 5.74) is 1.43. The molecular formula is C22H23N3O4S2. The van der Waals surface area contributed by atoms with Crippen LogP contribution in [0.4, 0.5) is 10.8 Å². The van der Waals surface area contributed by atoms with E-state index in [2.05, 4.69) is 15.0 Å². The van der Waals surface area contributed by atoms with Crippen LogP contribution < -0.4 is 10.0 Å². The monoisotopic (exact) mass is 457 g/mol. The van der Waals surface area contributed by atoms with E-state index in [1.165, 1.54) is 48.9 Å². The van der Waals surface area contributed by atoms with Crippen molar-refractivity contribution >= 4 is 54.1 Å². The predicted octanol–water partition coefficient (Wildman–Crippen LogP) is 4.82. The third-order valence-electron chi connectivity index (χ3n) is 5.42. The Balaban J connectivity index is 1.49. The minimum atomic E-state index is -3.81. The van der Waals surface area contributed by atoms with E-state index in [0.29, 0.717) is 21.9 Å². The van der Waals surface area contributed by atoms with Crippen molar-refractivity contribution in [1.29, 1.82) is 0 Å². The molecule has 0 saturated heterocycles. The Hall–Kier alpha value is -2.78. The van der Waals surface area contributed by atoms with Crippen LogP contribution in [0.3, 0.4) is 0 Å². The number of nitrogens with zero attached hydrogens (tertiary/aromatic N) is 1. The average Bonchev–Trinajstić information content (AvgIpc) is 3.15. The van der Waals surface area contributed by atoms with Gasteiger partial charge in [0.25, 0.3) is 10.0 Å². The Bertz CT molecular complexity index is 1230. The SMILES string of the molecule is CC(=O)c1ccc(S(=O)(=O)Nc2ccc3sc(NC(=O)C4CCCCC4)nc3c2)cc1. The first-order valence-corrected chi connectivity index (χ1v) is 12.5. The van der Waals surface area contributed by atoms with Gasteiger partial charge in [0, 0.05) is 11.5 Å². The number of anilines is 2. The molecule has 0 radical (unpaired) electrons. The van der Waals surface area contributed by atoms with Gasteiger partial charge in [0.1, 0.15) is 0 Å². The van der Waals surface area contributed by atoms with E-state index in [9.17, 15) is 18.0 Å². The fourth-order valence-electron chi connectivity index (χ4n) is 3.70. The Kier molecular flexibility index (Phi) is 6.06. The number of carbonyl (C=O) groups is 2. The van der Waals surface area contributed by atoms with Crippen LogP contribution in [0.1, 0.15) is 49.4 Å². The van der Waals surface area contributed by atoms with E-state index in [1.807, 2.05) is 0 Å². The minimum absolute atomic E-state index is 0.00805. The molecule has 3 aromatic rings. The van der Waals surface area contributed by atoms with E-state index < -0.39 is 10.0 Å². The summed E-state index contributed by atoms with van der Waals surface area (Å²) in [5.74, 6) is -0.0801. The zero-order valence-electron chi connectivity index (χ0n) is 17.1. The number of hydrogen-bond acceptors (Lipinski definition) is 6. The zero-order valence-corrected chi connectivity index (χ0v) is 18.7. The summed E-state index contributed by atoms with van der Waals surface area (Å²) >= 11 is 1.36. The number of ketones is 1. The van der Waals surface area contributed by atoms with Gasteiger partial charge in [-0.1, -0.05) is 42.7 Å². The van der Waals surface area contributed by atoms with Crippen LogP contribution in [-0.2, 0) is 14.8 Å². The summed E-state index contributed by atoms with van der Waals surface area (Å²) in [6, 6.07) is 10.9. The lowest BCUT2D eigenvalue weighted by Crippen LogP contribution is -2.24. The second kappa shape index (κ2) is 8.76. The largest absolute Gasteiger partial charge is 0.302 e. The average molecular weight is 458 g/mol. The summed E-state index contributed by atoms with van der Waals surface area (Å²) in [7, 11) is -3.81. The molecule has 1 saturated carbocycles. The highest BCUT2D eigenvalue weighted by atomic mass is 32.2. The normalized spacial score (nSPS) is 15.0. The van der Waals surface area contributed by atoms with E-state index >= 15 is 0 Å². The van der Waals surface area contributed by atoms with Gasteiger partial charge in [0.15, 0.2) is 10.9 Å². The van der Waals surface area contributed by atoms with Crippen molar-refractivity contribution < 1.29 is 18.0 Å². The number of thiazole rings is 1. The Morgan fingerprint density at radius 2 is 1.74 bits per heavy atom. The molecule has 7 nitrogen and oxygen atoms in total. The highest BCUT2D eigenvalue weighted by Crippen LogP contribution is 2.31. The molecule has 1 aliphatic carbocycles. The molecule has 1 fully saturated rings. The lowest BCUT2D eigenvalue weighted by Gasteiger charge is -2.19. The molecule has 1 amide bonds. The molecule has 9 heteroatoms. The van der Waals surface area contributed by atoms with Gasteiger partial charge in [-0.3, -0.25) is 14.3 Å². The number of rotatable bonds is 6. The molecule has 1 aromatic heterocycles. The van der Waals surface area contributed by atoms with Crippen LogP contribution in [0.15, 0.2) is 47.4 Å². The molecule has 31 heavy (non-hydrogen) atoms. The van der Waals surface area contributed by atoms with Crippen molar-refractivity contribution in [1.82, 2.24) is 4.98 Å². The Morgan fingerprint density at radius 3 is 2.42 bits per heavy atom. The van der Waals surface area contributed by atoms with Gasteiger partial charge in [-0.15, -0.1) is 0 Å². The number of nitrogens with one attached hydrogen (secondary N) is 2. The predicted molar refractivity (Wildman–Crippen MR) is 122 cm³/mol. The van der Waals surface area contributed by atoms with Crippen LogP contribution in [0.5, 0.6) is 0 Å². The van der Waals surface area contributed by atoms with Gasteiger partial charge in [-0.25, -0.2) is 13.4 Å². The van der Waals surface area contributed by atoms with Crippen LogP contribution in [0, 0.1) is 5.92 Å². The van der Waals surface area contributed by atoms with Crippen LogP contribution >= 0.6 is 11.3 Å². The number of fused-ring (bicyclic) bond motifs is 1. The van der Waals surface area contributed by atoms with Crippen LogP contribution in [0.25, 0.3) is 10.2 Å². The first kappa shape index (κ1) is 21.5. The molecule has 0 spiro atoms. The summed E-state index contributed by atoms with van der Waals surface area (Å²) in [6.07, 6.45) is 5.18. The summed E-state index contributed by atoms with van der Waals surface area (Å²) in [4.78, 5) is 28.4.